The number of carbonyl (C=O) groups is 1. The highest BCUT2D eigenvalue weighted by Gasteiger charge is 2.22. The van der Waals surface area contributed by atoms with Crippen LogP contribution < -0.4 is 15.0 Å². The molecule has 1 aromatic carbocycles. The van der Waals surface area contributed by atoms with Crippen LogP contribution in [0.2, 0.25) is 0 Å². The topological polar surface area (TPSA) is 86.6 Å². The lowest BCUT2D eigenvalue weighted by Crippen LogP contribution is -2.34. The lowest BCUT2D eigenvalue weighted by Gasteiger charge is -2.19. The molecule has 2 aromatic heterocycles. The van der Waals surface area contributed by atoms with Gasteiger partial charge in [0.05, 0.1) is 30.7 Å². The van der Waals surface area contributed by atoms with Gasteiger partial charge in [-0.1, -0.05) is 0 Å². The van der Waals surface area contributed by atoms with E-state index in [4.69, 9.17) is 9.47 Å². The third-order valence-electron chi connectivity index (χ3n) is 4.93. The Kier molecular flexibility index (Phi) is 4.68. The number of benzene rings is 1. The van der Waals surface area contributed by atoms with Crippen molar-refractivity contribution in [3.63, 3.8) is 0 Å². The van der Waals surface area contributed by atoms with E-state index in [0.717, 1.165) is 0 Å². The van der Waals surface area contributed by atoms with E-state index in [-0.39, 0.29) is 11.5 Å². The lowest BCUT2D eigenvalue weighted by molar-refractivity contribution is 0.0758. The quantitative estimate of drug-likeness (QED) is 0.685. The Morgan fingerprint density at radius 2 is 1.89 bits per heavy atom. The number of hydrogen-bond acceptors (Lipinski definition) is 6. The van der Waals surface area contributed by atoms with E-state index in [1.807, 2.05) is 0 Å². The standard InChI is InChI=1S/C20H20N4O4/c1-27-16-10-14-15(11-17(16)28-2)22-18-5-7-23(8-9-24(18)20(14)26)19(25)13-4-3-6-21-12-13/h3-4,6,10-12H,5,7-9H2,1-2H3. The fraction of sp³-hybridized carbons (Fsp3) is 0.300. The van der Waals surface area contributed by atoms with Gasteiger partial charge in [0.2, 0.25) is 0 Å². The number of hydrogen-bond donors (Lipinski definition) is 0. The van der Waals surface area contributed by atoms with Crippen LogP contribution >= 0.6 is 0 Å². The first-order chi connectivity index (χ1) is 13.6. The monoisotopic (exact) mass is 380 g/mol. The summed E-state index contributed by atoms with van der Waals surface area (Å²) >= 11 is 0. The Morgan fingerprint density at radius 3 is 2.61 bits per heavy atom. The van der Waals surface area contributed by atoms with E-state index < -0.39 is 0 Å². The first-order valence-electron chi connectivity index (χ1n) is 8.97. The lowest BCUT2D eigenvalue weighted by atomic mass is 10.2. The zero-order valence-corrected chi connectivity index (χ0v) is 15.7. The molecule has 0 saturated carbocycles. The Bertz CT molecular complexity index is 1090. The Morgan fingerprint density at radius 1 is 1.11 bits per heavy atom. The Labute approximate surface area is 161 Å². The van der Waals surface area contributed by atoms with E-state index >= 15 is 0 Å². The van der Waals surface area contributed by atoms with Crippen molar-refractivity contribution in [2.24, 2.45) is 0 Å². The number of fused-ring (bicyclic) bond motifs is 2. The van der Waals surface area contributed by atoms with Gasteiger partial charge in [0.1, 0.15) is 5.82 Å². The highest BCUT2D eigenvalue weighted by Crippen LogP contribution is 2.30. The second kappa shape index (κ2) is 7.30. The van der Waals surface area contributed by atoms with Crippen LogP contribution in [0, 0.1) is 0 Å². The molecular formula is C20H20N4O4. The van der Waals surface area contributed by atoms with Crippen LogP contribution in [0.4, 0.5) is 0 Å². The van der Waals surface area contributed by atoms with E-state index in [2.05, 4.69) is 9.97 Å². The molecule has 0 atom stereocenters. The molecule has 0 radical (unpaired) electrons. The van der Waals surface area contributed by atoms with E-state index in [0.29, 0.717) is 59.8 Å². The molecule has 0 saturated heterocycles. The van der Waals surface area contributed by atoms with Gasteiger partial charge in [0.25, 0.3) is 11.5 Å². The van der Waals surface area contributed by atoms with Gasteiger partial charge in [0, 0.05) is 44.5 Å². The van der Waals surface area contributed by atoms with E-state index in [1.54, 1.807) is 53.2 Å². The van der Waals surface area contributed by atoms with Crippen molar-refractivity contribution in [2.75, 3.05) is 27.3 Å². The Hall–Kier alpha value is -3.42. The number of ether oxygens (including phenoxy) is 2. The minimum atomic E-state index is -0.142. The maximum Gasteiger partial charge on any atom is 0.261 e. The summed E-state index contributed by atoms with van der Waals surface area (Å²) in [4.78, 5) is 36.2. The summed E-state index contributed by atoms with van der Waals surface area (Å²) in [6.45, 7) is 1.30. The molecule has 8 heteroatoms. The SMILES string of the molecule is COc1cc2nc3n(c(=O)c2cc1OC)CCN(C(=O)c1cccnc1)CC3. The van der Waals surface area contributed by atoms with Gasteiger partial charge < -0.3 is 14.4 Å². The molecule has 0 bridgehead atoms. The third kappa shape index (κ3) is 3.06. The molecule has 1 aliphatic heterocycles. The number of methoxy groups -OCH3 is 2. The summed E-state index contributed by atoms with van der Waals surface area (Å²) in [6.07, 6.45) is 3.68. The van der Waals surface area contributed by atoms with Gasteiger partial charge in [-0.3, -0.25) is 19.1 Å². The summed E-state index contributed by atoms with van der Waals surface area (Å²) in [5.74, 6) is 1.57. The maximum atomic E-state index is 13.1. The largest absolute Gasteiger partial charge is 0.493 e. The predicted octanol–water partition coefficient (Wildman–Crippen LogP) is 1.51. The summed E-state index contributed by atoms with van der Waals surface area (Å²) in [6, 6.07) is 6.84. The molecule has 0 unspecified atom stereocenters. The zero-order valence-electron chi connectivity index (χ0n) is 15.7. The molecular weight excluding hydrogens is 360 g/mol. The smallest absolute Gasteiger partial charge is 0.261 e. The van der Waals surface area contributed by atoms with Crippen LogP contribution in [-0.2, 0) is 13.0 Å². The summed E-state index contributed by atoms with van der Waals surface area (Å²) < 4.78 is 12.3. The molecule has 144 valence electrons. The molecule has 4 rings (SSSR count). The van der Waals surface area contributed by atoms with Crippen LogP contribution in [0.1, 0.15) is 16.2 Å². The highest BCUT2D eigenvalue weighted by molar-refractivity contribution is 5.93. The van der Waals surface area contributed by atoms with Crippen LogP contribution in [-0.4, -0.2) is 52.7 Å². The van der Waals surface area contributed by atoms with Crippen LogP contribution in [0.3, 0.4) is 0 Å². The second-order valence-corrected chi connectivity index (χ2v) is 6.49. The predicted molar refractivity (Wildman–Crippen MR) is 103 cm³/mol. The molecule has 3 aromatic rings. The first-order valence-corrected chi connectivity index (χ1v) is 8.97. The second-order valence-electron chi connectivity index (χ2n) is 6.49. The number of carbonyl (C=O) groups excluding carboxylic acids is 1. The van der Waals surface area contributed by atoms with Gasteiger partial charge in [-0.05, 0) is 18.2 Å². The summed E-state index contributed by atoms with van der Waals surface area (Å²) in [7, 11) is 3.07. The number of pyridine rings is 1. The summed E-state index contributed by atoms with van der Waals surface area (Å²) in [5.41, 5.74) is 0.950. The molecule has 0 aliphatic carbocycles. The molecule has 8 nitrogen and oxygen atoms in total. The van der Waals surface area contributed by atoms with Gasteiger partial charge in [-0.25, -0.2) is 4.98 Å². The number of rotatable bonds is 3. The van der Waals surface area contributed by atoms with Gasteiger partial charge in [-0.2, -0.15) is 0 Å². The molecule has 1 aliphatic rings. The van der Waals surface area contributed by atoms with Gasteiger partial charge >= 0.3 is 0 Å². The van der Waals surface area contributed by atoms with E-state index in [1.165, 1.54) is 7.11 Å². The van der Waals surface area contributed by atoms with Crippen molar-refractivity contribution in [1.29, 1.82) is 0 Å². The van der Waals surface area contributed by atoms with Crippen molar-refractivity contribution in [3.05, 3.63) is 58.4 Å². The minimum Gasteiger partial charge on any atom is -0.493 e. The molecule has 28 heavy (non-hydrogen) atoms. The number of nitrogens with zero attached hydrogens (tertiary/aromatic N) is 4. The fourth-order valence-electron chi connectivity index (χ4n) is 3.46. The third-order valence-corrected chi connectivity index (χ3v) is 4.93. The maximum absolute atomic E-state index is 13.1. The zero-order chi connectivity index (χ0) is 19.7. The normalized spacial score (nSPS) is 13.7. The van der Waals surface area contributed by atoms with Crippen LogP contribution in [0.25, 0.3) is 10.9 Å². The van der Waals surface area contributed by atoms with Crippen molar-refractivity contribution in [2.45, 2.75) is 13.0 Å². The van der Waals surface area contributed by atoms with Crippen molar-refractivity contribution >= 4 is 16.8 Å². The fourth-order valence-corrected chi connectivity index (χ4v) is 3.46. The van der Waals surface area contributed by atoms with Gasteiger partial charge in [-0.15, -0.1) is 0 Å². The Balaban J connectivity index is 1.70. The van der Waals surface area contributed by atoms with Crippen LogP contribution in [0.15, 0.2) is 41.5 Å². The average molecular weight is 380 g/mol. The highest BCUT2D eigenvalue weighted by atomic mass is 16.5. The average Bonchev–Trinajstić information content (AvgIpc) is 2.96. The molecule has 0 spiro atoms. The molecule has 3 heterocycles. The van der Waals surface area contributed by atoms with Gasteiger partial charge in [0.15, 0.2) is 11.5 Å². The first kappa shape index (κ1) is 18.0. The van der Waals surface area contributed by atoms with Crippen molar-refractivity contribution in [1.82, 2.24) is 19.4 Å². The minimum absolute atomic E-state index is 0.0955. The van der Waals surface area contributed by atoms with Crippen molar-refractivity contribution < 1.29 is 14.3 Å². The molecule has 0 N–H and O–H groups in total. The van der Waals surface area contributed by atoms with E-state index in [9.17, 15) is 9.59 Å². The van der Waals surface area contributed by atoms with Crippen LogP contribution in [0.5, 0.6) is 11.5 Å². The molecule has 1 amide bonds. The van der Waals surface area contributed by atoms with Crippen molar-refractivity contribution in [3.8, 4) is 11.5 Å². The number of amides is 1. The molecule has 0 fully saturated rings. The number of aromatic nitrogens is 3. The summed E-state index contributed by atoms with van der Waals surface area (Å²) in [5, 5.41) is 0.466.